The SMILES string of the molecule is C=CC(=O)OCCOCCOc1ccc2c(OCCO)cccc2c1. The Kier molecular flexibility index (Phi) is 7.75. The second kappa shape index (κ2) is 10.3. The molecule has 1 N–H and O–H groups in total. The molecule has 2 aromatic rings. The molecule has 25 heavy (non-hydrogen) atoms. The fourth-order valence-corrected chi connectivity index (χ4v) is 2.18. The number of carbonyl (C=O) groups excluding carboxylic acids is 1. The predicted octanol–water partition coefficient (Wildman–Crippen LogP) is 2.34. The van der Waals surface area contributed by atoms with Gasteiger partial charge in [-0.15, -0.1) is 0 Å². The smallest absolute Gasteiger partial charge is 0.330 e. The van der Waals surface area contributed by atoms with E-state index in [1.165, 1.54) is 0 Å². The minimum absolute atomic E-state index is 0.0234. The number of aliphatic hydroxyl groups excluding tert-OH is 1. The summed E-state index contributed by atoms with van der Waals surface area (Å²) >= 11 is 0. The van der Waals surface area contributed by atoms with E-state index in [9.17, 15) is 4.79 Å². The minimum Gasteiger partial charge on any atom is -0.491 e. The van der Waals surface area contributed by atoms with Gasteiger partial charge in [0.1, 0.15) is 31.3 Å². The van der Waals surface area contributed by atoms with Crippen molar-refractivity contribution in [3.05, 3.63) is 49.1 Å². The Balaban J connectivity index is 1.78. The molecule has 0 heterocycles. The fourth-order valence-electron chi connectivity index (χ4n) is 2.18. The molecule has 0 unspecified atom stereocenters. The van der Waals surface area contributed by atoms with Gasteiger partial charge in [-0.05, 0) is 29.7 Å². The van der Waals surface area contributed by atoms with Gasteiger partial charge in [-0.1, -0.05) is 18.7 Å². The molecule has 0 radical (unpaired) electrons. The average Bonchev–Trinajstić information content (AvgIpc) is 2.65. The topological polar surface area (TPSA) is 74.2 Å². The Bertz CT molecular complexity index is 697. The van der Waals surface area contributed by atoms with Gasteiger partial charge in [-0.2, -0.15) is 0 Å². The number of esters is 1. The van der Waals surface area contributed by atoms with Crippen LogP contribution in [0.1, 0.15) is 0 Å². The molecular formula is C19H22O6. The number of carbonyl (C=O) groups is 1. The molecule has 0 saturated carbocycles. The molecular weight excluding hydrogens is 324 g/mol. The first-order valence-corrected chi connectivity index (χ1v) is 8.01. The van der Waals surface area contributed by atoms with Crippen LogP contribution >= 0.6 is 0 Å². The summed E-state index contributed by atoms with van der Waals surface area (Å²) in [6.07, 6.45) is 1.11. The highest BCUT2D eigenvalue weighted by atomic mass is 16.6. The molecule has 0 aliphatic heterocycles. The standard InChI is InChI=1S/C19H22O6/c1-2-19(21)25-13-11-22-10-12-23-16-6-7-17-15(14-16)4-3-5-18(17)24-9-8-20/h2-7,14,20H,1,8-13H2. The first-order valence-electron chi connectivity index (χ1n) is 8.01. The van der Waals surface area contributed by atoms with Gasteiger partial charge < -0.3 is 24.1 Å². The highest BCUT2D eigenvalue weighted by Crippen LogP contribution is 2.28. The third kappa shape index (κ3) is 6.10. The molecule has 0 saturated heterocycles. The molecule has 2 rings (SSSR count). The summed E-state index contributed by atoms with van der Waals surface area (Å²) in [7, 11) is 0. The van der Waals surface area contributed by atoms with E-state index in [4.69, 9.17) is 24.1 Å². The molecule has 0 aliphatic carbocycles. The maximum absolute atomic E-state index is 10.8. The maximum atomic E-state index is 10.8. The normalized spacial score (nSPS) is 10.4. The van der Waals surface area contributed by atoms with Crippen molar-refractivity contribution in [2.75, 3.05) is 39.6 Å². The van der Waals surface area contributed by atoms with Crippen molar-refractivity contribution >= 4 is 16.7 Å². The van der Waals surface area contributed by atoms with Gasteiger partial charge in [0.2, 0.25) is 0 Å². The van der Waals surface area contributed by atoms with Crippen LogP contribution in [-0.2, 0) is 14.3 Å². The van der Waals surface area contributed by atoms with E-state index in [1.807, 2.05) is 36.4 Å². The zero-order valence-corrected chi connectivity index (χ0v) is 14.0. The number of benzene rings is 2. The van der Waals surface area contributed by atoms with Crippen LogP contribution in [0.4, 0.5) is 0 Å². The molecule has 0 bridgehead atoms. The number of aliphatic hydroxyl groups is 1. The Morgan fingerprint density at radius 1 is 1.04 bits per heavy atom. The van der Waals surface area contributed by atoms with Gasteiger partial charge in [0.05, 0.1) is 19.8 Å². The molecule has 2 aromatic carbocycles. The van der Waals surface area contributed by atoms with Crippen molar-refractivity contribution < 1.29 is 28.8 Å². The summed E-state index contributed by atoms with van der Waals surface area (Å²) in [4.78, 5) is 10.8. The molecule has 0 aromatic heterocycles. The van der Waals surface area contributed by atoms with E-state index in [0.29, 0.717) is 19.8 Å². The summed E-state index contributed by atoms with van der Waals surface area (Å²) < 4.78 is 21.3. The van der Waals surface area contributed by atoms with E-state index in [1.54, 1.807) is 0 Å². The highest BCUT2D eigenvalue weighted by molar-refractivity contribution is 5.89. The Morgan fingerprint density at radius 3 is 2.68 bits per heavy atom. The number of rotatable bonds is 11. The maximum Gasteiger partial charge on any atom is 0.330 e. The van der Waals surface area contributed by atoms with E-state index in [2.05, 4.69) is 6.58 Å². The van der Waals surface area contributed by atoms with Crippen LogP contribution in [0.2, 0.25) is 0 Å². The molecule has 0 aliphatic rings. The van der Waals surface area contributed by atoms with Gasteiger partial charge in [0, 0.05) is 11.5 Å². The van der Waals surface area contributed by atoms with E-state index in [0.717, 1.165) is 28.3 Å². The lowest BCUT2D eigenvalue weighted by molar-refractivity contribution is -0.139. The van der Waals surface area contributed by atoms with Crippen molar-refractivity contribution in [2.24, 2.45) is 0 Å². The van der Waals surface area contributed by atoms with E-state index in [-0.39, 0.29) is 19.8 Å². The quantitative estimate of drug-likeness (QED) is 0.382. The van der Waals surface area contributed by atoms with Crippen molar-refractivity contribution in [2.45, 2.75) is 0 Å². The number of hydrogen-bond acceptors (Lipinski definition) is 6. The van der Waals surface area contributed by atoms with Crippen LogP contribution in [0.3, 0.4) is 0 Å². The second-order valence-electron chi connectivity index (χ2n) is 5.04. The first-order chi connectivity index (χ1) is 12.2. The third-order valence-corrected chi connectivity index (χ3v) is 3.30. The summed E-state index contributed by atoms with van der Waals surface area (Å²) in [6.45, 7) is 4.83. The lowest BCUT2D eigenvalue weighted by atomic mass is 10.1. The van der Waals surface area contributed by atoms with Crippen LogP contribution in [0.15, 0.2) is 49.1 Å². The molecule has 6 nitrogen and oxygen atoms in total. The lowest BCUT2D eigenvalue weighted by Gasteiger charge is -2.11. The highest BCUT2D eigenvalue weighted by Gasteiger charge is 2.04. The Hall–Kier alpha value is -2.57. The third-order valence-electron chi connectivity index (χ3n) is 3.30. The monoisotopic (exact) mass is 346 g/mol. The second-order valence-corrected chi connectivity index (χ2v) is 5.04. The van der Waals surface area contributed by atoms with Crippen LogP contribution in [0, 0.1) is 0 Å². The van der Waals surface area contributed by atoms with Crippen LogP contribution in [-0.4, -0.2) is 50.7 Å². The molecule has 0 amide bonds. The molecule has 134 valence electrons. The Labute approximate surface area is 146 Å². The summed E-state index contributed by atoms with van der Waals surface area (Å²) in [5, 5.41) is 10.8. The van der Waals surface area contributed by atoms with Crippen LogP contribution in [0.5, 0.6) is 11.5 Å². The van der Waals surface area contributed by atoms with Gasteiger partial charge in [-0.3, -0.25) is 0 Å². The van der Waals surface area contributed by atoms with Crippen molar-refractivity contribution in [1.29, 1.82) is 0 Å². The zero-order valence-electron chi connectivity index (χ0n) is 14.0. The Morgan fingerprint density at radius 2 is 1.88 bits per heavy atom. The lowest BCUT2D eigenvalue weighted by Crippen LogP contribution is -2.12. The summed E-state index contributed by atoms with van der Waals surface area (Å²) in [6, 6.07) is 11.4. The van der Waals surface area contributed by atoms with Gasteiger partial charge in [-0.25, -0.2) is 4.79 Å². The van der Waals surface area contributed by atoms with Crippen molar-refractivity contribution in [3.8, 4) is 11.5 Å². The number of ether oxygens (including phenoxy) is 4. The summed E-state index contributed by atoms with van der Waals surface area (Å²) in [5.74, 6) is 1.00. The van der Waals surface area contributed by atoms with Gasteiger partial charge in [0.15, 0.2) is 0 Å². The molecule has 0 atom stereocenters. The molecule has 0 spiro atoms. The number of hydrogen-bond donors (Lipinski definition) is 1. The van der Waals surface area contributed by atoms with E-state index >= 15 is 0 Å². The summed E-state index contributed by atoms with van der Waals surface area (Å²) in [5.41, 5.74) is 0. The van der Waals surface area contributed by atoms with Crippen molar-refractivity contribution in [3.63, 3.8) is 0 Å². The van der Waals surface area contributed by atoms with Crippen molar-refractivity contribution in [1.82, 2.24) is 0 Å². The minimum atomic E-state index is -0.460. The predicted molar refractivity (Wildman–Crippen MR) is 94.0 cm³/mol. The number of fused-ring (bicyclic) bond motifs is 1. The first kappa shape index (κ1) is 18.8. The molecule has 6 heteroatoms. The average molecular weight is 346 g/mol. The van der Waals surface area contributed by atoms with Crippen LogP contribution < -0.4 is 9.47 Å². The van der Waals surface area contributed by atoms with Gasteiger partial charge in [0.25, 0.3) is 0 Å². The fraction of sp³-hybridized carbons (Fsp3) is 0.316. The van der Waals surface area contributed by atoms with E-state index < -0.39 is 5.97 Å². The molecule has 0 fully saturated rings. The largest absolute Gasteiger partial charge is 0.491 e. The van der Waals surface area contributed by atoms with Crippen LogP contribution in [0.25, 0.3) is 10.8 Å². The van der Waals surface area contributed by atoms with Gasteiger partial charge >= 0.3 is 5.97 Å². The zero-order chi connectivity index (χ0) is 17.9.